The molecular weight excluding hydrogens is 364 g/mol. The van der Waals surface area contributed by atoms with Gasteiger partial charge in [0.25, 0.3) is 10.0 Å². The number of aromatic nitrogens is 1. The molecule has 1 aliphatic heterocycles. The number of carbonyl (C=O) groups excluding carboxylic acids is 2. The third kappa shape index (κ3) is 4.21. The highest BCUT2D eigenvalue weighted by molar-refractivity contribution is 7.89. The van der Waals surface area contributed by atoms with Crippen molar-refractivity contribution in [3.63, 3.8) is 0 Å². The van der Waals surface area contributed by atoms with E-state index in [1.807, 2.05) is 6.92 Å². The molecule has 132 valence electrons. The van der Waals surface area contributed by atoms with Crippen LogP contribution >= 0.6 is 11.3 Å². The Morgan fingerprint density at radius 1 is 1.36 bits per heavy atom. The average Bonchev–Trinajstić information content (AvgIpc) is 2.97. The second-order valence-electron chi connectivity index (χ2n) is 5.56. The zero-order valence-corrected chi connectivity index (χ0v) is 15.0. The van der Waals surface area contributed by atoms with Gasteiger partial charge in [0.1, 0.15) is 0 Å². The fourth-order valence-corrected chi connectivity index (χ4v) is 3.93. The molecule has 0 atom stereocenters. The largest absolute Gasteiger partial charge is 0.326 e. The van der Waals surface area contributed by atoms with E-state index in [2.05, 4.69) is 20.6 Å². The summed E-state index contributed by atoms with van der Waals surface area (Å²) in [4.78, 5) is 29.4. The number of hydrogen-bond acceptors (Lipinski definition) is 6. The third-order valence-corrected chi connectivity index (χ3v) is 5.68. The van der Waals surface area contributed by atoms with Gasteiger partial charge in [0.05, 0.1) is 22.0 Å². The molecule has 2 aromatic rings. The molecule has 25 heavy (non-hydrogen) atoms. The van der Waals surface area contributed by atoms with Crippen molar-refractivity contribution in [2.45, 2.75) is 31.1 Å². The van der Waals surface area contributed by atoms with Crippen molar-refractivity contribution in [3.8, 4) is 0 Å². The maximum atomic E-state index is 12.3. The Balaban J connectivity index is 1.65. The molecule has 0 radical (unpaired) electrons. The van der Waals surface area contributed by atoms with Crippen molar-refractivity contribution in [1.82, 2.24) is 15.2 Å². The number of nitrogens with zero attached hydrogens (tertiary/aromatic N) is 1. The number of nitrogens with one attached hydrogen (secondary N) is 3. The van der Waals surface area contributed by atoms with E-state index >= 15 is 0 Å². The molecular formula is C15H16N4O4S2. The van der Waals surface area contributed by atoms with Gasteiger partial charge in [-0.2, -0.15) is 0 Å². The van der Waals surface area contributed by atoms with Gasteiger partial charge in [-0.05, 0) is 37.1 Å². The number of hydrogen-bond donors (Lipinski definition) is 3. The number of amides is 2. The van der Waals surface area contributed by atoms with E-state index in [1.54, 1.807) is 11.4 Å². The van der Waals surface area contributed by atoms with Crippen molar-refractivity contribution in [1.29, 1.82) is 0 Å². The first-order chi connectivity index (χ1) is 11.8. The minimum atomic E-state index is -3.90. The molecule has 1 aromatic heterocycles. The standard InChI is InChI=1S/C15H16N4O4S2/c1-9-16-11(8-24-9)7-15(21)18-19-25(22,23)12-3-4-13-10(6-12)2-5-14(20)17-13/h3-4,6,8,19H,2,5,7H2,1H3,(H,17,20)(H,18,21). The second-order valence-corrected chi connectivity index (χ2v) is 8.30. The van der Waals surface area contributed by atoms with Crippen LogP contribution in [-0.4, -0.2) is 25.2 Å². The van der Waals surface area contributed by atoms with Gasteiger partial charge in [0.15, 0.2) is 0 Å². The number of fused-ring (bicyclic) bond motifs is 1. The highest BCUT2D eigenvalue weighted by Crippen LogP contribution is 2.25. The molecule has 3 N–H and O–H groups in total. The molecule has 0 unspecified atom stereocenters. The predicted octanol–water partition coefficient (Wildman–Crippen LogP) is 0.888. The van der Waals surface area contributed by atoms with Gasteiger partial charge < -0.3 is 5.32 Å². The number of carbonyl (C=O) groups is 2. The summed E-state index contributed by atoms with van der Waals surface area (Å²) in [6.45, 7) is 1.83. The number of anilines is 1. The molecule has 0 aliphatic carbocycles. The van der Waals surface area contributed by atoms with E-state index in [9.17, 15) is 18.0 Å². The van der Waals surface area contributed by atoms with Crippen LogP contribution in [0.1, 0.15) is 22.7 Å². The number of aryl methyl sites for hydroxylation is 2. The normalized spacial score (nSPS) is 13.9. The van der Waals surface area contributed by atoms with E-state index in [4.69, 9.17) is 0 Å². The first-order valence-electron chi connectivity index (χ1n) is 7.48. The SMILES string of the molecule is Cc1nc(CC(=O)NNS(=O)(=O)c2ccc3c(c2)CCC(=O)N3)cs1. The number of sulfonamides is 1. The highest BCUT2D eigenvalue weighted by atomic mass is 32.2. The van der Waals surface area contributed by atoms with Crippen molar-refractivity contribution in [2.24, 2.45) is 0 Å². The van der Waals surface area contributed by atoms with Crippen molar-refractivity contribution in [2.75, 3.05) is 5.32 Å². The Morgan fingerprint density at radius 3 is 2.88 bits per heavy atom. The molecule has 0 saturated heterocycles. The smallest absolute Gasteiger partial charge is 0.257 e. The summed E-state index contributed by atoms with van der Waals surface area (Å²) in [7, 11) is -3.90. The maximum Gasteiger partial charge on any atom is 0.257 e. The molecule has 1 aliphatic rings. The van der Waals surface area contributed by atoms with Crippen LogP contribution < -0.4 is 15.6 Å². The van der Waals surface area contributed by atoms with E-state index in [0.717, 1.165) is 10.6 Å². The fourth-order valence-electron chi connectivity index (χ4n) is 2.41. The minimum absolute atomic E-state index is 0.0108. The summed E-state index contributed by atoms with van der Waals surface area (Å²) in [5, 5.41) is 5.28. The Bertz CT molecular complexity index is 937. The average molecular weight is 380 g/mol. The lowest BCUT2D eigenvalue weighted by molar-refractivity contribution is -0.121. The first-order valence-corrected chi connectivity index (χ1v) is 9.84. The summed E-state index contributed by atoms with van der Waals surface area (Å²) in [5.74, 6) is -0.593. The van der Waals surface area contributed by atoms with Crippen molar-refractivity contribution >= 4 is 38.9 Å². The predicted molar refractivity (Wildman–Crippen MR) is 92.4 cm³/mol. The molecule has 2 amide bonds. The zero-order chi connectivity index (χ0) is 18.0. The van der Waals surface area contributed by atoms with Crippen LogP contribution in [0.25, 0.3) is 0 Å². The van der Waals surface area contributed by atoms with Crippen LogP contribution in [0.2, 0.25) is 0 Å². The van der Waals surface area contributed by atoms with Crippen LogP contribution in [0.15, 0.2) is 28.5 Å². The van der Waals surface area contributed by atoms with Gasteiger partial charge in [0, 0.05) is 17.5 Å². The van der Waals surface area contributed by atoms with Crippen LogP contribution in [0, 0.1) is 6.92 Å². The Hall–Kier alpha value is -2.30. The molecule has 2 heterocycles. The summed E-state index contributed by atoms with van der Waals surface area (Å²) >= 11 is 1.42. The monoisotopic (exact) mass is 380 g/mol. The zero-order valence-electron chi connectivity index (χ0n) is 13.3. The molecule has 0 bridgehead atoms. The van der Waals surface area contributed by atoms with Crippen molar-refractivity contribution < 1.29 is 18.0 Å². The third-order valence-electron chi connectivity index (χ3n) is 3.62. The van der Waals surface area contributed by atoms with Crippen molar-refractivity contribution in [3.05, 3.63) is 39.8 Å². The molecule has 1 aromatic carbocycles. The van der Waals surface area contributed by atoms with Gasteiger partial charge in [-0.25, -0.2) is 13.4 Å². The summed E-state index contributed by atoms with van der Waals surface area (Å²) in [6, 6.07) is 4.41. The van der Waals surface area contributed by atoms with Crippen LogP contribution in [-0.2, 0) is 32.5 Å². The van der Waals surface area contributed by atoms with E-state index in [0.29, 0.717) is 24.2 Å². The van der Waals surface area contributed by atoms with Crippen LogP contribution in [0.3, 0.4) is 0 Å². The molecule has 0 fully saturated rings. The summed E-state index contributed by atoms with van der Waals surface area (Å²) in [6.07, 6.45) is 0.775. The lowest BCUT2D eigenvalue weighted by atomic mass is 10.0. The molecule has 3 rings (SSSR count). The number of thiazole rings is 1. The second kappa shape index (κ2) is 6.90. The van der Waals surface area contributed by atoms with Gasteiger partial charge in [-0.3, -0.25) is 15.0 Å². The first kappa shape index (κ1) is 17.5. The molecule has 0 saturated carbocycles. The Morgan fingerprint density at radius 2 is 2.16 bits per heavy atom. The van der Waals surface area contributed by atoms with Crippen LogP contribution in [0.4, 0.5) is 5.69 Å². The number of hydrazine groups is 1. The molecule has 10 heteroatoms. The fraction of sp³-hybridized carbons (Fsp3) is 0.267. The van der Waals surface area contributed by atoms with Gasteiger partial charge in [-0.1, -0.05) is 0 Å². The molecule has 0 spiro atoms. The summed E-state index contributed by atoms with van der Waals surface area (Å²) < 4.78 is 24.6. The van der Waals surface area contributed by atoms with Gasteiger partial charge in [0.2, 0.25) is 11.8 Å². The quantitative estimate of drug-likeness (QED) is 0.666. The lowest BCUT2D eigenvalue weighted by Gasteiger charge is -2.17. The van der Waals surface area contributed by atoms with Gasteiger partial charge in [-0.15, -0.1) is 16.2 Å². The number of benzene rings is 1. The van der Waals surface area contributed by atoms with Gasteiger partial charge >= 0.3 is 0 Å². The topological polar surface area (TPSA) is 117 Å². The highest BCUT2D eigenvalue weighted by Gasteiger charge is 2.20. The van der Waals surface area contributed by atoms with E-state index in [1.165, 1.54) is 23.5 Å². The van der Waals surface area contributed by atoms with Crippen LogP contribution in [0.5, 0.6) is 0 Å². The number of rotatable bonds is 5. The Kier molecular flexibility index (Phi) is 4.84. The Labute approximate surface area is 148 Å². The van der Waals surface area contributed by atoms with E-state index in [-0.39, 0.29) is 17.2 Å². The molecule has 8 nitrogen and oxygen atoms in total. The van der Waals surface area contributed by atoms with E-state index < -0.39 is 15.9 Å². The minimum Gasteiger partial charge on any atom is -0.326 e. The lowest BCUT2D eigenvalue weighted by Crippen LogP contribution is -2.42. The summed E-state index contributed by atoms with van der Waals surface area (Å²) in [5.41, 5.74) is 4.12. The maximum absolute atomic E-state index is 12.3.